The molecule has 134 valence electrons. The third-order valence-electron chi connectivity index (χ3n) is 3.57. The van der Waals surface area contributed by atoms with E-state index in [1.807, 2.05) is 6.07 Å². The summed E-state index contributed by atoms with van der Waals surface area (Å²) < 4.78 is 9.86. The number of amides is 1. The molecule has 8 heteroatoms. The van der Waals surface area contributed by atoms with Gasteiger partial charge in [-0.25, -0.2) is 4.79 Å². The molecule has 0 saturated carbocycles. The highest BCUT2D eigenvalue weighted by Gasteiger charge is 2.26. The zero-order valence-corrected chi connectivity index (χ0v) is 14.9. The molecule has 2 N–H and O–H groups in total. The van der Waals surface area contributed by atoms with Gasteiger partial charge in [-0.1, -0.05) is 17.3 Å². The van der Waals surface area contributed by atoms with Gasteiger partial charge >= 0.3 is 5.97 Å². The highest BCUT2D eigenvalue weighted by atomic mass is 32.1. The Morgan fingerprint density at radius 2 is 2.04 bits per heavy atom. The Morgan fingerprint density at radius 3 is 2.77 bits per heavy atom. The van der Waals surface area contributed by atoms with Crippen LogP contribution in [0.15, 0.2) is 40.9 Å². The number of phenols is 1. The second-order valence-electron chi connectivity index (χ2n) is 5.32. The molecule has 7 nitrogen and oxygen atoms in total. The Bertz CT molecular complexity index is 960. The van der Waals surface area contributed by atoms with Crippen molar-refractivity contribution in [1.82, 2.24) is 5.16 Å². The topological polar surface area (TPSA) is 102 Å². The molecule has 0 spiro atoms. The second-order valence-corrected chi connectivity index (χ2v) is 6.40. The summed E-state index contributed by atoms with van der Waals surface area (Å²) in [6.07, 6.45) is 0. The van der Waals surface area contributed by atoms with Gasteiger partial charge < -0.3 is 19.7 Å². The van der Waals surface area contributed by atoms with Crippen LogP contribution in [0.5, 0.6) is 5.75 Å². The highest BCUT2D eigenvalue weighted by Crippen LogP contribution is 2.36. The maximum absolute atomic E-state index is 12.6. The van der Waals surface area contributed by atoms with E-state index < -0.39 is 11.9 Å². The molecule has 2 heterocycles. The first kappa shape index (κ1) is 17.7. The van der Waals surface area contributed by atoms with E-state index in [0.29, 0.717) is 10.6 Å². The first-order valence-electron chi connectivity index (χ1n) is 7.84. The fraction of sp³-hybridized carbons (Fsp3) is 0.167. The van der Waals surface area contributed by atoms with Crippen molar-refractivity contribution < 1.29 is 24.0 Å². The molecule has 0 saturated heterocycles. The lowest BCUT2D eigenvalue weighted by atomic mass is 10.1. The molecule has 1 aromatic carbocycles. The Morgan fingerprint density at radius 1 is 1.27 bits per heavy atom. The minimum atomic E-state index is -0.712. The molecule has 0 radical (unpaired) electrons. The minimum absolute atomic E-state index is 0.0426. The van der Waals surface area contributed by atoms with Crippen molar-refractivity contribution >= 4 is 28.2 Å². The predicted molar refractivity (Wildman–Crippen MR) is 96.6 cm³/mol. The van der Waals surface area contributed by atoms with Crippen molar-refractivity contribution in [1.29, 1.82) is 0 Å². The number of benzene rings is 1. The summed E-state index contributed by atoms with van der Waals surface area (Å²) in [6.45, 7) is 3.38. The largest absolute Gasteiger partial charge is 0.507 e. The van der Waals surface area contributed by atoms with Crippen LogP contribution in [0.1, 0.15) is 33.5 Å². The molecular formula is C18H16N2O5S. The van der Waals surface area contributed by atoms with Crippen LogP contribution in [0.2, 0.25) is 0 Å². The summed E-state index contributed by atoms with van der Waals surface area (Å²) in [5.74, 6) is -0.845. The first-order chi connectivity index (χ1) is 12.5. The van der Waals surface area contributed by atoms with Gasteiger partial charge in [0.15, 0.2) is 0 Å². The SMILES string of the molecule is CCOC(=O)c1noc(C)c1C(=O)Nc1ccc(-c2ccccc2O)s1. The van der Waals surface area contributed by atoms with Crippen LogP contribution in [0.25, 0.3) is 10.4 Å². The lowest BCUT2D eigenvalue weighted by Gasteiger charge is -2.03. The molecule has 0 aliphatic rings. The summed E-state index contributed by atoms with van der Waals surface area (Å²) in [5.41, 5.74) is 0.562. The standard InChI is InChI=1S/C18H16N2O5S/c1-3-24-18(23)16-15(10(2)25-20-16)17(22)19-14-9-8-13(26-14)11-6-4-5-7-12(11)21/h4-9,21H,3H2,1-2H3,(H,19,22). The average molecular weight is 372 g/mol. The van der Waals surface area contributed by atoms with Gasteiger partial charge in [-0.05, 0) is 38.1 Å². The van der Waals surface area contributed by atoms with E-state index in [-0.39, 0.29) is 29.4 Å². The molecular weight excluding hydrogens is 356 g/mol. The third kappa shape index (κ3) is 3.45. The molecule has 0 aliphatic carbocycles. The smallest absolute Gasteiger partial charge is 0.361 e. The number of rotatable bonds is 5. The van der Waals surface area contributed by atoms with Gasteiger partial charge in [0.2, 0.25) is 5.69 Å². The van der Waals surface area contributed by atoms with Crippen molar-refractivity contribution in [2.75, 3.05) is 11.9 Å². The lowest BCUT2D eigenvalue weighted by Crippen LogP contribution is -2.17. The number of ether oxygens (including phenoxy) is 1. The van der Waals surface area contributed by atoms with E-state index in [1.54, 1.807) is 44.2 Å². The molecule has 26 heavy (non-hydrogen) atoms. The van der Waals surface area contributed by atoms with Gasteiger partial charge in [0, 0.05) is 10.4 Å². The molecule has 0 atom stereocenters. The zero-order valence-electron chi connectivity index (χ0n) is 14.1. The van der Waals surface area contributed by atoms with Crippen LogP contribution >= 0.6 is 11.3 Å². The molecule has 1 amide bonds. The van der Waals surface area contributed by atoms with Crippen LogP contribution < -0.4 is 5.32 Å². The van der Waals surface area contributed by atoms with Crippen LogP contribution in [0.3, 0.4) is 0 Å². The molecule has 2 aromatic heterocycles. The zero-order chi connectivity index (χ0) is 18.7. The van der Waals surface area contributed by atoms with Gasteiger partial charge in [-0.15, -0.1) is 11.3 Å². The van der Waals surface area contributed by atoms with Crippen LogP contribution in [0, 0.1) is 6.92 Å². The van der Waals surface area contributed by atoms with Gasteiger partial charge in [-0.3, -0.25) is 4.79 Å². The summed E-state index contributed by atoms with van der Waals surface area (Å²) in [6, 6.07) is 10.5. The third-order valence-corrected chi connectivity index (χ3v) is 4.60. The number of anilines is 1. The second kappa shape index (κ2) is 7.40. The van der Waals surface area contributed by atoms with Gasteiger partial charge in [0.05, 0.1) is 11.6 Å². The quantitative estimate of drug-likeness (QED) is 0.660. The minimum Gasteiger partial charge on any atom is -0.507 e. The number of hydrogen-bond acceptors (Lipinski definition) is 7. The van der Waals surface area contributed by atoms with Gasteiger partial charge in [0.25, 0.3) is 5.91 Å². The Hall–Kier alpha value is -3.13. The monoisotopic (exact) mass is 372 g/mol. The maximum atomic E-state index is 12.6. The number of aryl methyl sites for hydroxylation is 1. The van der Waals surface area contributed by atoms with E-state index in [4.69, 9.17) is 9.26 Å². The Balaban J connectivity index is 1.83. The van der Waals surface area contributed by atoms with Crippen molar-refractivity contribution in [3.05, 3.63) is 53.4 Å². The van der Waals surface area contributed by atoms with E-state index in [2.05, 4.69) is 10.5 Å². The van der Waals surface area contributed by atoms with Gasteiger partial charge in [0.1, 0.15) is 17.1 Å². The number of thiophene rings is 1. The number of nitrogens with one attached hydrogen (secondary N) is 1. The lowest BCUT2D eigenvalue weighted by molar-refractivity contribution is 0.0512. The van der Waals surface area contributed by atoms with E-state index in [1.165, 1.54) is 11.3 Å². The first-order valence-corrected chi connectivity index (χ1v) is 8.65. The summed E-state index contributed by atoms with van der Waals surface area (Å²) in [4.78, 5) is 25.3. The number of hydrogen-bond donors (Lipinski definition) is 2. The molecule has 0 fully saturated rings. The molecule has 0 aliphatic heterocycles. The van der Waals surface area contributed by atoms with E-state index >= 15 is 0 Å². The van der Waals surface area contributed by atoms with Crippen molar-refractivity contribution in [2.45, 2.75) is 13.8 Å². The summed E-state index contributed by atoms with van der Waals surface area (Å²) >= 11 is 1.30. The van der Waals surface area contributed by atoms with Crippen LogP contribution in [0.4, 0.5) is 5.00 Å². The van der Waals surface area contributed by atoms with E-state index in [0.717, 1.165) is 4.88 Å². The molecule has 0 bridgehead atoms. The number of carbonyl (C=O) groups excluding carboxylic acids is 2. The number of para-hydroxylation sites is 1. The molecule has 3 aromatic rings. The summed E-state index contributed by atoms with van der Waals surface area (Å²) in [5, 5.41) is 16.8. The Kier molecular flexibility index (Phi) is 5.04. The fourth-order valence-electron chi connectivity index (χ4n) is 2.38. The number of phenolic OH excluding ortho intramolecular Hbond substituents is 1. The normalized spacial score (nSPS) is 10.5. The number of aromatic nitrogens is 1. The number of nitrogens with zero attached hydrogens (tertiary/aromatic N) is 1. The van der Waals surface area contributed by atoms with E-state index in [9.17, 15) is 14.7 Å². The maximum Gasteiger partial charge on any atom is 0.361 e. The Labute approximate surface area is 153 Å². The van der Waals surface area contributed by atoms with Gasteiger partial charge in [-0.2, -0.15) is 0 Å². The predicted octanol–water partition coefficient (Wildman–Crippen LogP) is 3.85. The van der Waals surface area contributed by atoms with Crippen LogP contribution in [-0.2, 0) is 4.74 Å². The summed E-state index contributed by atoms with van der Waals surface area (Å²) in [7, 11) is 0. The number of carbonyl (C=O) groups is 2. The number of esters is 1. The molecule has 0 unspecified atom stereocenters. The average Bonchev–Trinajstić information content (AvgIpc) is 3.22. The highest BCUT2D eigenvalue weighted by molar-refractivity contribution is 7.19. The molecule has 3 rings (SSSR count). The van der Waals surface area contributed by atoms with Crippen molar-refractivity contribution in [3.63, 3.8) is 0 Å². The van der Waals surface area contributed by atoms with Crippen molar-refractivity contribution in [2.24, 2.45) is 0 Å². The fourth-order valence-corrected chi connectivity index (χ4v) is 3.32. The number of aromatic hydroxyl groups is 1. The van der Waals surface area contributed by atoms with Crippen molar-refractivity contribution in [3.8, 4) is 16.2 Å². The van der Waals surface area contributed by atoms with Crippen LogP contribution in [-0.4, -0.2) is 28.7 Å².